The molecule has 1 aromatic carbocycles. The Morgan fingerprint density at radius 3 is 2.80 bits per heavy atom. The van der Waals surface area contributed by atoms with Crippen molar-refractivity contribution < 1.29 is 0 Å². The second-order valence-electron chi connectivity index (χ2n) is 10.5. The van der Waals surface area contributed by atoms with Gasteiger partial charge in [0, 0.05) is 29.2 Å². The zero-order chi connectivity index (χ0) is 24.2. The summed E-state index contributed by atoms with van der Waals surface area (Å²) >= 11 is 13.0. The van der Waals surface area contributed by atoms with E-state index in [-0.39, 0.29) is 5.54 Å². The fraction of sp³-hybridized carbons (Fsp3) is 0.542. The number of nitrogens with zero attached hydrogens (tertiary/aromatic N) is 7. The second-order valence-corrected chi connectivity index (χ2v) is 11.3. The average molecular weight is 514 g/mol. The number of halogens is 2. The van der Waals surface area contributed by atoms with Crippen LogP contribution >= 0.6 is 23.2 Å². The lowest BCUT2D eigenvalue weighted by Gasteiger charge is -2.47. The van der Waals surface area contributed by atoms with Gasteiger partial charge in [0.1, 0.15) is 5.02 Å². The quantitative estimate of drug-likeness (QED) is 0.464. The Bertz CT molecular complexity index is 1240. The van der Waals surface area contributed by atoms with Crippen molar-refractivity contribution in [3.8, 4) is 5.69 Å². The molecule has 2 aliphatic heterocycles. The standard InChI is InChI=1S/C24H29Cl2N9/c1-24(2)12-16(10-17-4-3-9-34(17)24)28-21-19(26)13-27-23(30-21)29-15-7-8-18(25)20(11-15)35-22(14-5-6-14)31-32-33-35/h7-8,11,13-14,16-17H,3-6,9-10,12H2,1-2H3,(H2,27,28,29,30)/t16-,17+/m1/s1. The molecule has 3 aliphatic rings. The molecule has 0 unspecified atom stereocenters. The van der Waals surface area contributed by atoms with Crippen LogP contribution < -0.4 is 10.6 Å². The Morgan fingerprint density at radius 1 is 1.11 bits per heavy atom. The Kier molecular flexibility index (Phi) is 5.81. The van der Waals surface area contributed by atoms with Gasteiger partial charge in [0.2, 0.25) is 5.95 Å². The Hall–Kier alpha value is -2.49. The Morgan fingerprint density at radius 2 is 1.97 bits per heavy atom. The van der Waals surface area contributed by atoms with E-state index in [9.17, 15) is 0 Å². The lowest BCUT2D eigenvalue weighted by atomic mass is 9.84. The number of nitrogens with one attached hydrogen (secondary N) is 2. The Labute approximate surface area is 214 Å². The number of hydrogen-bond donors (Lipinski definition) is 2. The van der Waals surface area contributed by atoms with Gasteiger partial charge in [-0.25, -0.2) is 4.98 Å². The molecule has 184 valence electrons. The average Bonchev–Trinajstić information content (AvgIpc) is 3.33. The van der Waals surface area contributed by atoms with Gasteiger partial charge in [0.15, 0.2) is 11.6 Å². The maximum Gasteiger partial charge on any atom is 0.229 e. The number of rotatable bonds is 6. The number of piperidine rings is 1. The predicted octanol–water partition coefficient (Wildman–Crippen LogP) is 5.20. The van der Waals surface area contributed by atoms with E-state index < -0.39 is 0 Å². The van der Waals surface area contributed by atoms with Crippen LogP contribution in [0.4, 0.5) is 17.5 Å². The number of fused-ring (bicyclic) bond motifs is 1. The monoisotopic (exact) mass is 513 g/mol. The van der Waals surface area contributed by atoms with Crippen molar-refractivity contribution in [3.63, 3.8) is 0 Å². The maximum atomic E-state index is 6.50. The first-order valence-electron chi connectivity index (χ1n) is 12.3. The van der Waals surface area contributed by atoms with E-state index in [2.05, 4.69) is 49.9 Å². The molecule has 35 heavy (non-hydrogen) atoms. The minimum absolute atomic E-state index is 0.160. The van der Waals surface area contributed by atoms with E-state index in [1.54, 1.807) is 10.9 Å². The first-order valence-corrected chi connectivity index (χ1v) is 13.0. The van der Waals surface area contributed by atoms with Gasteiger partial charge in [-0.2, -0.15) is 9.67 Å². The molecule has 3 fully saturated rings. The molecular formula is C24H29Cl2N9. The highest BCUT2D eigenvalue weighted by atomic mass is 35.5. The number of tetrazole rings is 1. The van der Waals surface area contributed by atoms with E-state index in [0.29, 0.717) is 39.8 Å². The van der Waals surface area contributed by atoms with Gasteiger partial charge in [0.05, 0.1) is 16.9 Å². The first-order chi connectivity index (χ1) is 16.9. The predicted molar refractivity (Wildman–Crippen MR) is 137 cm³/mol. The molecule has 3 aromatic rings. The Balaban J connectivity index is 1.21. The molecule has 0 bridgehead atoms. The molecule has 0 spiro atoms. The van der Waals surface area contributed by atoms with Crippen LogP contribution in [0.1, 0.15) is 64.1 Å². The molecular weight excluding hydrogens is 485 g/mol. The molecule has 9 nitrogen and oxygen atoms in total. The summed E-state index contributed by atoms with van der Waals surface area (Å²) in [5, 5.41) is 20.2. The van der Waals surface area contributed by atoms with E-state index in [1.165, 1.54) is 19.4 Å². The van der Waals surface area contributed by atoms with Gasteiger partial charge in [-0.15, -0.1) is 5.10 Å². The van der Waals surface area contributed by atoms with E-state index >= 15 is 0 Å². The van der Waals surface area contributed by atoms with E-state index in [4.69, 9.17) is 28.2 Å². The van der Waals surface area contributed by atoms with Crippen molar-refractivity contribution in [2.75, 3.05) is 17.2 Å². The highest BCUT2D eigenvalue weighted by molar-refractivity contribution is 6.33. The summed E-state index contributed by atoms with van der Waals surface area (Å²) in [6.07, 6.45) is 8.51. The number of hydrogen-bond acceptors (Lipinski definition) is 8. The second kappa shape index (κ2) is 8.87. The van der Waals surface area contributed by atoms with Crippen molar-refractivity contribution in [2.24, 2.45) is 0 Å². The summed E-state index contributed by atoms with van der Waals surface area (Å²) in [5.41, 5.74) is 1.67. The van der Waals surface area contributed by atoms with Crippen LogP contribution in [0.25, 0.3) is 5.69 Å². The summed E-state index contributed by atoms with van der Waals surface area (Å²) in [6, 6.07) is 6.55. The molecule has 1 aliphatic carbocycles. The SMILES string of the molecule is CC1(C)C[C@H](Nc2nc(Nc3ccc(Cl)c(-n4nnnc4C4CC4)c3)ncc2Cl)C[C@@H]2CCCN21. The summed E-state index contributed by atoms with van der Waals surface area (Å²) in [5.74, 6) is 2.35. The zero-order valence-corrected chi connectivity index (χ0v) is 21.4. The minimum Gasteiger partial charge on any atom is -0.366 e. The highest BCUT2D eigenvalue weighted by Gasteiger charge is 2.43. The highest BCUT2D eigenvalue weighted by Crippen LogP contribution is 2.41. The van der Waals surface area contributed by atoms with Crippen LogP contribution in [0, 0.1) is 0 Å². The zero-order valence-electron chi connectivity index (χ0n) is 19.9. The summed E-state index contributed by atoms with van der Waals surface area (Å²) in [7, 11) is 0. The molecule has 2 aromatic heterocycles. The van der Waals surface area contributed by atoms with Gasteiger partial charge in [0.25, 0.3) is 0 Å². The van der Waals surface area contributed by atoms with Crippen LogP contribution in [0.15, 0.2) is 24.4 Å². The van der Waals surface area contributed by atoms with Gasteiger partial charge >= 0.3 is 0 Å². The lowest BCUT2D eigenvalue weighted by Crippen LogP contribution is -2.55. The van der Waals surface area contributed by atoms with Crippen LogP contribution in [-0.2, 0) is 0 Å². The van der Waals surface area contributed by atoms with Gasteiger partial charge in [-0.3, -0.25) is 4.90 Å². The van der Waals surface area contributed by atoms with Crippen LogP contribution in [-0.4, -0.2) is 59.2 Å². The molecule has 6 rings (SSSR count). The van der Waals surface area contributed by atoms with E-state index in [0.717, 1.165) is 42.9 Å². The van der Waals surface area contributed by atoms with Gasteiger partial charge < -0.3 is 10.6 Å². The topological polar surface area (TPSA) is 96.7 Å². The third-order valence-corrected chi connectivity index (χ3v) is 8.00. The van der Waals surface area contributed by atoms with Crippen molar-refractivity contribution in [3.05, 3.63) is 40.3 Å². The summed E-state index contributed by atoms with van der Waals surface area (Å²) < 4.78 is 1.72. The third-order valence-electron chi connectivity index (χ3n) is 7.41. The van der Waals surface area contributed by atoms with Crippen molar-refractivity contribution in [1.82, 2.24) is 35.1 Å². The van der Waals surface area contributed by atoms with Crippen LogP contribution in [0.2, 0.25) is 10.0 Å². The number of benzene rings is 1. The molecule has 0 amide bonds. The molecule has 0 radical (unpaired) electrons. The maximum absolute atomic E-state index is 6.50. The minimum atomic E-state index is 0.160. The molecule has 11 heteroatoms. The van der Waals surface area contributed by atoms with Crippen molar-refractivity contribution in [2.45, 2.75) is 75.9 Å². The van der Waals surface area contributed by atoms with Crippen molar-refractivity contribution in [1.29, 1.82) is 0 Å². The normalized spacial score (nSPS) is 23.8. The van der Waals surface area contributed by atoms with Crippen LogP contribution in [0.5, 0.6) is 0 Å². The van der Waals surface area contributed by atoms with Gasteiger partial charge in [-0.1, -0.05) is 23.2 Å². The summed E-state index contributed by atoms with van der Waals surface area (Å²) in [4.78, 5) is 11.8. The molecule has 2 saturated heterocycles. The van der Waals surface area contributed by atoms with Crippen molar-refractivity contribution >= 4 is 40.7 Å². The van der Waals surface area contributed by atoms with Gasteiger partial charge in [-0.05, 0) is 87.5 Å². The largest absolute Gasteiger partial charge is 0.366 e. The molecule has 4 heterocycles. The fourth-order valence-electron chi connectivity index (χ4n) is 5.69. The fourth-order valence-corrected chi connectivity index (χ4v) is 6.03. The molecule has 1 saturated carbocycles. The lowest BCUT2D eigenvalue weighted by molar-refractivity contribution is 0.0501. The first kappa shape index (κ1) is 22.9. The van der Waals surface area contributed by atoms with E-state index in [1.807, 2.05) is 18.2 Å². The third kappa shape index (κ3) is 4.57. The molecule has 2 N–H and O–H groups in total. The van der Waals surface area contributed by atoms with Crippen LogP contribution in [0.3, 0.4) is 0 Å². The number of aromatic nitrogens is 6. The molecule has 2 atom stereocenters. The summed E-state index contributed by atoms with van der Waals surface area (Å²) in [6.45, 7) is 5.87. The number of anilines is 3. The smallest absolute Gasteiger partial charge is 0.229 e.